The van der Waals surface area contributed by atoms with Crippen molar-refractivity contribution in [2.24, 2.45) is 10.2 Å². The molecule has 0 aliphatic carbocycles. The minimum Gasteiger partial charge on any atom is -0.479 e. The summed E-state index contributed by atoms with van der Waals surface area (Å²) in [5.74, 6) is -3.76. The van der Waals surface area contributed by atoms with Crippen molar-refractivity contribution in [2.75, 3.05) is 13.2 Å². The number of carboxylic acids is 1. The summed E-state index contributed by atoms with van der Waals surface area (Å²) in [6, 6.07) is 40.9. The minimum absolute atomic E-state index is 0.0157. The number of carboxylic acid groups (broad SMARTS) is 1. The zero-order valence-corrected chi connectivity index (χ0v) is 46.6. The molecule has 3 aliphatic rings. The average molecular weight is 1160 g/mol. The summed E-state index contributed by atoms with van der Waals surface area (Å²) in [5, 5.41) is 19.6. The normalized spacial score (nSPS) is 27.6. The zero-order valence-electron chi connectivity index (χ0n) is 45.8. The highest BCUT2D eigenvalue weighted by Crippen LogP contribution is 2.41. The van der Waals surface area contributed by atoms with E-state index in [9.17, 15) is 35.3 Å². The van der Waals surface area contributed by atoms with Crippen LogP contribution in [-0.2, 0) is 102 Å². The van der Waals surface area contributed by atoms with E-state index in [1.165, 1.54) is 13.8 Å². The fraction of sp³-hybridized carbons (Fsp3) is 0.424. The van der Waals surface area contributed by atoms with Crippen LogP contribution in [0, 0.1) is 6.92 Å². The van der Waals surface area contributed by atoms with Crippen molar-refractivity contribution < 1.29 is 81.1 Å². The number of rotatable bonds is 26. The Kier molecular flexibility index (Phi) is 22.9. The molecular weight excluding hydrogens is 1100 g/mol. The van der Waals surface area contributed by atoms with Gasteiger partial charge in [0.05, 0.1) is 26.4 Å². The molecule has 0 amide bonds. The van der Waals surface area contributed by atoms with E-state index in [1.807, 2.05) is 97.9 Å². The molecule has 438 valence electrons. The molecule has 3 fully saturated rings. The second kappa shape index (κ2) is 30.8. The SMILES string of the molecule is CC(=O)OC[C@H]1O[C@H](O[C@H]2[C@H](OCc3ccccc3)[C@@H](OCc3ccccc3)[C@H](O[C@H]3[C@H](OC(C)=O)[C@@H](N=[N+]=[N-])C(Sc4ccc(C)cc4)O[C@@H]3COC(C)=O)O[C@@H]2C(=O)O)[C@H](N=[N+]=[N-])[C@@H](OCc2ccccc2)[C@@H]1OCc1ccccc1. The molecule has 3 heterocycles. The standard InChI is InChI=1S/C59H64N6O17S/c1-35-25-27-43(28-26-35)83-59-47(63-65-61)51(77-38(4)68)49(45(79-59)34-72-37(3)67)80-58-55(76-32-42-23-15-8-16-24-42)52(75-31-41-21-13-7-14-22-41)53(54(82-58)56(69)70)81-57-46(62-64-60)50(74-30-40-19-11-6-12-20-40)48(44(78-57)33-71-36(2)66)73-29-39-17-9-5-10-18-39/h5-28,44-55,57-59H,29-34H2,1-4H3,(H,69,70)/t44-,45-,46-,47-,48-,49-,50-,51-,52+,53+,54+,55-,57-,58-,59?/m1/s1. The van der Waals surface area contributed by atoms with E-state index in [0.717, 1.165) is 35.4 Å². The Bertz CT molecular complexity index is 2980. The third-order valence-electron chi connectivity index (χ3n) is 13.5. The molecule has 15 atom stereocenters. The molecule has 24 heteroatoms. The lowest BCUT2D eigenvalue weighted by atomic mass is 9.94. The fourth-order valence-corrected chi connectivity index (χ4v) is 10.8. The quantitative estimate of drug-likeness (QED) is 0.0178. The van der Waals surface area contributed by atoms with Crippen molar-refractivity contribution in [2.45, 2.75) is 150 Å². The maximum absolute atomic E-state index is 14.0. The number of hydrogen-bond donors (Lipinski definition) is 1. The van der Waals surface area contributed by atoms with Crippen molar-refractivity contribution in [3.63, 3.8) is 0 Å². The smallest absolute Gasteiger partial charge is 0.335 e. The number of aliphatic carboxylic acids is 1. The lowest BCUT2D eigenvalue weighted by molar-refractivity contribution is -0.366. The van der Waals surface area contributed by atoms with Gasteiger partial charge in [-0.05, 0) is 52.4 Å². The van der Waals surface area contributed by atoms with Crippen LogP contribution in [0.25, 0.3) is 20.9 Å². The first-order chi connectivity index (χ1) is 40.3. The third-order valence-corrected chi connectivity index (χ3v) is 14.7. The van der Waals surface area contributed by atoms with Crippen LogP contribution < -0.4 is 0 Å². The molecule has 0 radical (unpaired) electrons. The number of carbonyl (C=O) groups is 4. The monoisotopic (exact) mass is 1160 g/mol. The molecule has 0 aromatic heterocycles. The van der Waals surface area contributed by atoms with Gasteiger partial charge < -0.3 is 61.9 Å². The summed E-state index contributed by atoms with van der Waals surface area (Å²) in [7, 11) is 0. The molecule has 5 aromatic carbocycles. The van der Waals surface area contributed by atoms with E-state index in [-0.39, 0.29) is 26.4 Å². The van der Waals surface area contributed by atoms with Crippen LogP contribution in [0.1, 0.15) is 48.6 Å². The van der Waals surface area contributed by atoms with E-state index < -0.39 is 128 Å². The maximum atomic E-state index is 14.0. The number of azide groups is 2. The Morgan fingerprint density at radius 2 is 0.952 bits per heavy atom. The van der Waals surface area contributed by atoms with Crippen molar-refractivity contribution in [3.05, 3.63) is 194 Å². The van der Waals surface area contributed by atoms with Crippen molar-refractivity contribution in [3.8, 4) is 0 Å². The van der Waals surface area contributed by atoms with Crippen LogP contribution in [0.15, 0.2) is 161 Å². The van der Waals surface area contributed by atoms with E-state index in [2.05, 4.69) is 20.1 Å². The molecule has 23 nitrogen and oxygen atoms in total. The number of hydrogen-bond acceptors (Lipinski definition) is 19. The first-order valence-corrected chi connectivity index (χ1v) is 27.5. The fourth-order valence-electron chi connectivity index (χ4n) is 9.67. The Labute approximate surface area is 482 Å². The number of benzene rings is 5. The number of ether oxygens (including phenoxy) is 12. The van der Waals surface area contributed by atoms with E-state index >= 15 is 0 Å². The molecule has 5 aromatic rings. The lowest BCUT2D eigenvalue weighted by Gasteiger charge is -2.50. The van der Waals surface area contributed by atoms with Gasteiger partial charge in [-0.3, -0.25) is 14.4 Å². The molecular formula is C59H64N6O17S. The zero-order chi connectivity index (χ0) is 58.7. The van der Waals surface area contributed by atoms with Gasteiger partial charge in [-0.25, -0.2) is 4.79 Å². The number of carbonyl (C=O) groups excluding carboxylic acids is 3. The summed E-state index contributed by atoms with van der Waals surface area (Å²) in [6.07, 6.45) is -18.3. The highest BCUT2D eigenvalue weighted by atomic mass is 32.2. The van der Waals surface area contributed by atoms with Gasteiger partial charge in [0.15, 0.2) is 18.7 Å². The Hall–Kier alpha value is -7.41. The number of esters is 3. The van der Waals surface area contributed by atoms with Gasteiger partial charge in [0.25, 0.3) is 0 Å². The molecule has 0 bridgehead atoms. The predicted octanol–water partition coefficient (Wildman–Crippen LogP) is 8.87. The first kappa shape index (κ1) is 61.7. The number of aryl methyl sites for hydroxylation is 1. The molecule has 0 spiro atoms. The topological polar surface area (TPSA) is 297 Å². The van der Waals surface area contributed by atoms with Gasteiger partial charge in [-0.2, -0.15) is 0 Å². The van der Waals surface area contributed by atoms with Gasteiger partial charge in [-0.15, -0.1) is 0 Å². The summed E-state index contributed by atoms with van der Waals surface area (Å²) >= 11 is 1.15. The Morgan fingerprint density at radius 1 is 0.506 bits per heavy atom. The molecule has 0 saturated carbocycles. The second-order valence-electron chi connectivity index (χ2n) is 19.6. The third kappa shape index (κ3) is 17.3. The number of nitrogens with zero attached hydrogens (tertiary/aromatic N) is 6. The van der Waals surface area contributed by atoms with E-state index in [1.54, 1.807) is 54.6 Å². The van der Waals surface area contributed by atoms with Gasteiger partial charge in [-0.1, -0.05) is 161 Å². The first-order valence-electron chi connectivity index (χ1n) is 26.7. The predicted molar refractivity (Wildman–Crippen MR) is 295 cm³/mol. The van der Waals surface area contributed by atoms with Crippen LogP contribution in [0.4, 0.5) is 0 Å². The van der Waals surface area contributed by atoms with Gasteiger partial charge in [0.1, 0.15) is 85.7 Å². The number of thioether (sulfide) groups is 1. The van der Waals surface area contributed by atoms with Crippen molar-refractivity contribution >= 4 is 35.6 Å². The molecule has 3 saturated heterocycles. The van der Waals surface area contributed by atoms with Crippen LogP contribution in [0.5, 0.6) is 0 Å². The molecule has 1 N–H and O–H groups in total. The summed E-state index contributed by atoms with van der Waals surface area (Å²) in [5.41, 5.74) is 23.1. The largest absolute Gasteiger partial charge is 0.479 e. The molecule has 83 heavy (non-hydrogen) atoms. The van der Waals surface area contributed by atoms with Crippen LogP contribution >= 0.6 is 11.8 Å². The van der Waals surface area contributed by atoms with Crippen LogP contribution in [-0.4, -0.2) is 133 Å². The summed E-state index contributed by atoms with van der Waals surface area (Å²) < 4.78 is 77.4. The average Bonchev–Trinajstić information content (AvgIpc) is 3.61. The summed E-state index contributed by atoms with van der Waals surface area (Å²) in [6.45, 7) is 4.20. The van der Waals surface area contributed by atoms with Crippen molar-refractivity contribution in [1.29, 1.82) is 0 Å². The van der Waals surface area contributed by atoms with Crippen LogP contribution in [0.3, 0.4) is 0 Å². The summed E-state index contributed by atoms with van der Waals surface area (Å²) in [4.78, 5) is 59.2. The highest BCUT2D eigenvalue weighted by molar-refractivity contribution is 7.99. The molecule has 8 rings (SSSR count). The van der Waals surface area contributed by atoms with E-state index in [4.69, 9.17) is 56.8 Å². The van der Waals surface area contributed by atoms with Gasteiger partial charge >= 0.3 is 23.9 Å². The van der Waals surface area contributed by atoms with E-state index in [0.29, 0.717) is 16.0 Å². The van der Waals surface area contributed by atoms with Crippen molar-refractivity contribution in [1.82, 2.24) is 0 Å². The molecule has 3 aliphatic heterocycles. The lowest BCUT2D eigenvalue weighted by Crippen LogP contribution is -2.68. The Morgan fingerprint density at radius 3 is 1.42 bits per heavy atom. The molecule has 1 unspecified atom stereocenters. The minimum atomic E-state index is -2.06. The highest BCUT2D eigenvalue weighted by Gasteiger charge is 2.58. The second-order valence-corrected chi connectivity index (χ2v) is 20.8. The van der Waals surface area contributed by atoms with Gasteiger partial charge in [0.2, 0.25) is 0 Å². The Balaban J connectivity index is 1.23. The maximum Gasteiger partial charge on any atom is 0.335 e. The van der Waals surface area contributed by atoms with Gasteiger partial charge in [0, 0.05) is 35.5 Å². The van der Waals surface area contributed by atoms with Crippen LogP contribution in [0.2, 0.25) is 0 Å².